The number of H-pyrrole nitrogens is 1. The first-order chi connectivity index (χ1) is 8.83. The lowest BCUT2D eigenvalue weighted by molar-refractivity contribution is 0.107. The molecule has 1 fully saturated rings. The third-order valence-corrected chi connectivity index (χ3v) is 3.21. The van der Waals surface area contributed by atoms with E-state index in [-0.39, 0.29) is 5.28 Å². The van der Waals surface area contributed by atoms with E-state index in [1.54, 1.807) is 6.33 Å². The third kappa shape index (κ3) is 2.39. The van der Waals surface area contributed by atoms with Crippen LogP contribution < -0.4 is 5.32 Å². The summed E-state index contributed by atoms with van der Waals surface area (Å²) in [7, 11) is 0. The molecule has 7 heteroatoms. The van der Waals surface area contributed by atoms with Gasteiger partial charge in [-0.2, -0.15) is 9.97 Å². The molecule has 0 amide bonds. The van der Waals surface area contributed by atoms with E-state index in [0.717, 1.165) is 37.9 Å². The molecule has 0 aliphatic carbocycles. The van der Waals surface area contributed by atoms with Crippen LogP contribution in [0.1, 0.15) is 19.3 Å². The van der Waals surface area contributed by atoms with Gasteiger partial charge in [0.15, 0.2) is 11.5 Å². The van der Waals surface area contributed by atoms with Crippen LogP contribution in [0.5, 0.6) is 0 Å². The van der Waals surface area contributed by atoms with Gasteiger partial charge in [-0.05, 0) is 30.9 Å². The predicted molar refractivity (Wildman–Crippen MR) is 68.8 cm³/mol. The fraction of sp³-hybridized carbons (Fsp3) is 0.545. The van der Waals surface area contributed by atoms with Crippen molar-refractivity contribution in [1.29, 1.82) is 0 Å². The number of rotatable bonds is 4. The lowest BCUT2D eigenvalue weighted by Gasteiger charge is -2.10. The van der Waals surface area contributed by atoms with Gasteiger partial charge in [0.25, 0.3) is 0 Å². The number of nitrogens with zero attached hydrogens (tertiary/aromatic N) is 3. The van der Waals surface area contributed by atoms with Crippen LogP contribution in [0.3, 0.4) is 0 Å². The number of imidazole rings is 1. The lowest BCUT2D eigenvalue weighted by Crippen LogP contribution is -2.13. The van der Waals surface area contributed by atoms with Crippen molar-refractivity contribution in [3.63, 3.8) is 0 Å². The highest BCUT2D eigenvalue weighted by Gasteiger charge is 2.15. The monoisotopic (exact) mass is 267 g/mol. The molecule has 0 bridgehead atoms. The molecule has 0 aromatic carbocycles. The Hall–Kier alpha value is -1.40. The summed E-state index contributed by atoms with van der Waals surface area (Å²) in [5.41, 5.74) is 1.36. The van der Waals surface area contributed by atoms with Crippen molar-refractivity contribution >= 4 is 28.6 Å². The number of hydrogen-bond donors (Lipinski definition) is 2. The second kappa shape index (κ2) is 5.07. The van der Waals surface area contributed by atoms with E-state index in [0.29, 0.717) is 17.6 Å². The smallest absolute Gasteiger partial charge is 0.226 e. The first-order valence-corrected chi connectivity index (χ1v) is 6.43. The SMILES string of the molecule is Clc1nc(NCCC2CCCO2)c2[nH]cnc2n1. The maximum atomic E-state index is 5.85. The van der Waals surface area contributed by atoms with E-state index in [4.69, 9.17) is 16.3 Å². The lowest BCUT2D eigenvalue weighted by atomic mass is 10.2. The number of aromatic amines is 1. The average Bonchev–Trinajstić information content (AvgIpc) is 2.98. The molecule has 2 aromatic heterocycles. The Labute approximate surface area is 109 Å². The van der Waals surface area contributed by atoms with Crippen molar-refractivity contribution in [1.82, 2.24) is 19.9 Å². The van der Waals surface area contributed by atoms with Crippen LogP contribution >= 0.6 is 11.6 Å². The molecule has 0 spiro atoms. The Morgan fingerprint density at radius 3 is 3.28 bits per heavy atom. The minimum absolute atomic E-state index is 0.203. The van der Waals surface area contributed by atoms with Crippen LogP contribution in [0.25, 0.3) is 11.2 Å². The van der Waals surface area contributed by atoms with Crippen molar-refractivity contribution < 1.29 is 4.74 Å². The molecule has 96 valence electrons. The quantitative estimate of drug-likeness (QED) is 0.829. The van der Waals surface area contributed by atoms with Gasteiger partial charge in [0.05, 0.1) is 12.4 Å². The highest BCUT2D eigenvalue weighted by molar-refractivity contribution is 6.28. The van der Waals surface area contributed by atoms with Crippen molar-refractivity contribution in [3.05, 3.63) is 11.6 Å². The van der Waals surface area contributed by atoms with Crippen LogP contribution in [-0.2, 0) is 4.74 Å². The van der Waals surface area contributed by atoms with E-state index in [2.05, 4.69) is 25.3 Å². The van der Waals surface area contributed by atoms with E-state index in [1.807, 2.05) is 0 Å². The standard InChI is InChI=1S/C11H14ClN5O/c12-11-16-9(8-10(17-11)15-6-14-8)13-4-3-7-2-1-5-18-7/h6-7H,1-5H2,(H2,13,14,15,16,17). The molecule has 1 saturated heterocycles. The first-order valence-electron chi connectivity index (χ1n) is 6.05. The Balaban J connectivity index is 1.67. The Kier molecular flexibility index (Phi) is 3.29. The molecule has 1 aliphatic rings. The number of halogens is 1. The van der Waals surface area contributed by atoms with Gasteiger partial charge in [-0.1, -0.05) is 0 Å². The van der Waals surface area contributed by atoms with Crippen molar-refractivity contribution in [2.24, 2.45) is 0 Å². The molecule has 1 aliphatic heterocycles. The zero-order chi connectivity index (χ0) is 12.4. The van der Waals surface area contributed by atoms with Crippen LogP contribution in [0, 0.1) is 0 Å². The van der Waals surface area contributed by atoms with E-state index < -0.39 is 0 Å². The van der Waals surface area contributed by atoms with E-state index >= 15 is 0 Å². The summed E-state index contributed by atoms with van der Waals surface area (Å²) < 4.78 is 5.57. The fourth-order valence-corrected chi connectivity index (χ4v) is 2.32. The van der Waals surface area contributed by atoms with Gasteiger partial charge in [0.1, 0.15) is 5.52 Å². The second-order valence-corrected chi connectivity index (χ2v) is 4.63. The van der Waals surface area contributed by atoms with E-state index in [1.165, 1.54) is 0 Å². The summed E-state index contributed by atoms with van der Waals surface area (Å²) in [4.78, 5) is 15.3. The van der Waals surface area contributed by atoms with Gasteiger partial charge < -0.3 is 15.0 Å². The normalized spacial score (nSPS) is 19.5. The Bertz CT molecular complexity index is 537. The molecular weight excluding hydrogens is 254 g/mol. The van der Waals surface area contributed by atoms with E-state index in [9.17, 15) is 0 Å². The second-order valence-electron chi connectivity index (χ2n) is 4.29. The number of nitrogens with one attached hydrogen (secondary N) is 2. The third-order valence-electron chi connectivity index (χ3n) is 3.04. The molecule has 18 heavy (non-hydrogen) atoms. The molecule has 2 N–H and O–H groups in total. The summed E-state index contributed by atoms with van der Waals surface area (Å²) in [6, 6.07) is 0. The molecule has 3 rings (SSSR count). The molecule has 0 radical (unpaired) electrons. The predicted octanol–water partition coefficient (Wildman–Crippen LogP) is 1.99. The summed E-state index contributed by atoms with van der Waals surface area (Å²) in [5.74, 6) is 0.695. The molecule has 3 heterocycles. The van der Waals surface area contributed by atoms with Gasteiger partial charge in [0, 0.05) is 13.2 Å². The summed E-state index contributed by atoms with van der Waals surface area (Å²) in [5, 5.41) is 3.46. The van der Waals surface area contributed by atoms with Gasteiger partial charge in [-0.3, -0.25) is 0 Å². The molecule has 2 aromatic rings. The van der Waals surface area contributed by atoms with Crippen molar-refractivity contribution in [2.45, 2.75) is 25.4 Å². The maximum Gasteiger partial charge on any atom is 0.226 e. The van der Waals surface area contributed by atoms with Crippen LogP contribution in [-0.4, -0.2) is 39.2 Å². The summed E-state index contributed by atoms with van der Waals surface area (Å²) in [6.45, 7) is 1.68. The zero-order valence-electron chi connectivity index (χ0n) is 9.82. The van der Waals surface area contributed by atoms with Crippen molar-refractivity contribution in [3.8, 4) is 0 Å². The highest BCUT2D eigenvalue weighted by Crippen LogP contribution is 2.19. The number of ether oxygens (including phenoxy) is 1. The number of anilines is 1. The maximum absolute atomic E-state index is 5.85. The van der Waals surface area contributed by atoms with Crippen LogP contribution in [0.2, 0.25) is 5.28 Å². The van der Waals surface area contributed by atoms with Gasteiger partial charge >= 0.3 is 0 Å². The summed E-state index contributed by atoms with van der Waals surface area (Å²) in [6.07, 6.45) is 5.23. The topological polar surface area (TPSA) is 75.7 Å². The molecule has 1 unspecified atom stereocenters. The minimum Gasteiger partial charge on any atom is -0.378 e. The minimum atomic E-state index is 0.203. The zero-order valence-corrected chi connectivity index (χ0v) is 10.6. The van der Waals surface area contributed by atoms with Crippen molar-refractivity contribution in [2.75, 3.05) is 18.5 Å². The Morgan fingerprint density at radius 1 is 1.50 bits per heavy atom. The van der Waals surface area contributed by atoms with Gasteiger partial charge in [-0.15, -0.1) is 0 Å². The van der Waals surface area contributed by atoms with Gasteiger partial charge in [0.2, 0.25) is 5.28 Å². The molecular formula is C11H14ClN5O. The van der Waals surface area contributed by atoms with Gasteiger partial charge in [-0.25, -0.2) is 4.98 Å². The largest absolute Gasteiger partial charge is 0.378 e. The van der Waals surface area contributed by atoms with Crippen LogP contribution in [0.15, 0.2) is 6.33 Å². The number of aromatic nitrogens is 4. The molecule has 6 nitrogen and oxygen atoms in total. The Morgan fingerprint density at radius 2 is 2.44 bits per heavy atom. The fourth-order valence-electron chi connectivity index (χ4n) is 2.16. The number of fused-ring (bicyclic) bond motifs is 1. The highest BCUT2D eigenvalue weighted by atomic mass is 35.5. The first kappa shape index (κ1) is 11.7. The molecule has 0 saturated carbocycles. The average molecular weight is 268 g/mol. The van der Waals surface area contributed by atoms with Crippen LogP contribution in [0.4, 0.5) is 5.82 Å². The number of hydrogen-bond acceptors (Lipinski definition) is 5. The summed E-state index contributed by atoms with van der Waals surface area (Å²) >= 11 is 5.85. The molecule has 1 atom stereocenters.